The lowest BCUT2D eigenvalue weighted by molar-refractivity contribution is 0.143. The quantitative estimate of drug-likeness (QED) is 0.410. The summed E-state index contributed by atoms with van der Waals surface area (Å²) in [6.07, 6.45) is 3.24. The molecule has 0 amide bonds. The van der Waals surface area contributed by atoms with Crippen molar-refractivity contribution in [2.75, 3.05) is 39.3 Å². The van der Waals surface area contributed by atoms with Crippen molar-refractivity contribution in [2.24, 2.45) is 10.9 Å². The molecule has 2 saturated heterocycles. The maximum absolute atomic E-state index is 9.70. The number of hydrogen-bond donors (Lipinski definition) is 2. The minimum atomic E-state index is -0.194. The van der Waals surface area contributed by atoms with Gasteiger partial charge in [0.25, 0.3) is 0 Å². The number of halogens is 1. The van der Waals surface area contributed by atoms with Crippen molar-refractivity contribution in [3.8, 4) is 0 Å². The smallest absolute Gasteiger partial charge is 0.194 e. The van der Waals surface area contributed by atoms with Gasteiger partial charge in [-0.15, -0.1) is 24.0 Å². The van der Waals surface area contributed by atoms with Crippen LogP contribution in [0.15, 0.2) is 4.99 Å². The number of β-amino-alcohol motifs (C(OH)–C–C–N with tert-alkyl or cyclic N) is 1. The lowest BCUT2D eigenvalue weighted by Gasteiger charge is -2.35. The van der Waals surface area contributed by atoms with Gasteiger partial charge in [-0.2, -0.15) is 0 Å². The molecule has 2 rings (SSSR count). The lowest BCUT2D eigenvalue weighted by Crippen LogP contribution is -2.43. The number of guanidine groups is 1. The highest BCUT2D eigenvalue weighted by molar-refractivity contribution is 14.0. The molecule has 2 aliphatic rings. The molecule has 2 fully saturated rings. The van der Waals surface area contributed by atoms with Crippen LogP contribution in [0.2, 0.25) is 0 Å². The molecule has 0 aromatic rings. The summed E-state index contributed by atoms with van der Waals surface area (Å²) in [5, 5.41) is 13.1. The maximum atomic E-state index is 9.70. The zero-order chi connectivity index (χ0) is 15.2. The van der Waals surface area contributed by atoms with E-state index in [9.17, 15) is 5.11 Å². The summed E-state index contributed by atoms with van der Waals surface area (Å²) in [5.41, 5.74) is 0. The van der Waals surface area contributed by atoms with Crippen molar-refractivity contribution in [1.29, 1.82) is 0 Å². The van der Waals surface area contributed by atoms with Crippen LogP contribution in [0.25, 0.3) is 0 Å². The third-order valence-corrected chi connectivity index (χ3v) is 4.58. The highest BCUT2D eigenvalue weighted by atomic mass is 127. The molecule has 2 atom stereocenters. The van der Waals surface area contributed by atoms with Crippen molar-refractivity contribution in [3.05, 3.63) is 0 Å². The van der Waals surface area contributed by atoms with Crippen LogP contribution in [-0.4, -0.2) is 72.3 Å². The van der Waals surface area contributed by atoms with Gasteiger partial charge in [-0.3, -0.25) is 4.99 Å². The summed E-state index contributed by atoms with van der Waals surface area (Å²) in [5.74, 6) is 1.65. The molecule has 2 aliphatic heterocycles. The number of rotatable bonds is 4. The molecule has 0 aliphatic carbocycles. The van der Waals surface area contributed by atoms with Gasteiger partial charge in [0.2, 0.25) is 0 Å². The van der Waals surface area contributed by atoms with Gasteiger partial charge in [0.1, 0.15) is 0 Å². The van der Waals surface area contributed by atoms with Crippen molar-refractivity contribution in [2.45, 2.75) is 52.2 Å². The number of nitrogens with one attached hydrogen (secondary N) is 1. The Kier molecular flexibility index (Phi) is 9.01. The second-order valence-corrected chi connectivity index (χ2v) is 6.68. The third-order valence-electron chi connectivity index (χ3n) is 4.58. The van der Waals surface area contributed by atoms with Crippen LogP contribution in [0.1, 0.15) is 40.0 Å². The summed E-state index contributed by atoms with van der Waals surface area (Å²) in [7, 11) is 0. The zero-order valence-electron chi connectivity index (χ0n) is 14.3. The average Bonchev–Trinajstić information content (AvgIpc) is 2.90. The van der Waals surface area contributed by atoms with E-state index in [-0.39, 0.29) is 30.1 Å². The van der Waals surface area contributed by atoms with Crippen molar-refractivity contribution in [3.63, 3.8) is 0 Å². The van der Waals surface area contributed by atoms with Crippen LogP contribution in [0.3, 0.4) is 0 Å². The Morgan fingerprint density at radius 3 is 2.64 bits per heavy atom. The molecule has 0 aromatic heterocycles. The van der Waals surface area contributed by atoms with Crippen LogP contribution in [0.5, 0.6) is 0 Å². The molecular formula is C16H33IN4O. The number of hydrogen-bond acceptors (Lipinski definition) is 3. The van der Waals surface area contributed by atoms with E-state index in [1.807, 2.05) is 0 Å². The number of nitrogens with zero attached hydrogens (tertiary/aromatic N) is 3. The zero-order valence-corrected chi connectivity index (χ0v) is 16.6. The summed E-state index contributed by atoms with van der Waals surface area (Å²) < 4.78 is 0. The molecule has 2 heterocycles. The van der Waals surface area contributed by atoms with Crippen molar-refractivity contribution < 1.29 is 5.11 Å². The van der Waals surface area contributed by atoms with E-state index < -0.39 is 0 Å². The van der Waals surface area contributed by atoms with E-state index >= 15 is 0 Å². The van der Waals surface area contributed by atoms with Gasteiger partial charge in [-0.25, -0.2) is 0 Å². The number of aliphatic imine (C=N–C) groups is 1. The number of aliphatic hydroxyl groups is 1. The first-order valence-corrected chi connectivity index (χ1v) is 8.55. The van der Waals surface area contributed by atoms with Crippen LogP contribution < -0.4 is 5.32 Å². The van der Waals surface area contributed by atoms with Gasteiger partial charge >= 0.3 is 0 Å². The molecule has 1 unspecified atom stereocenters. The summed E-state index contributed by atoms with van der Waals surface area (Å²) >= 11 is 0. The van der Waals surface area contributed by atoms with Gasteiger partial charge in [0, 0.05) is 38.8 Å². The molecular weight excluding hydrogens is 391 g/mol. The minimum Gasteiger partial charge on any atom is -0.391 e. The second kappa shape index (κ2) is 9.93. The number of likely N-dealkylation sites (tertiary alicyclic amines) is 2. The fourth-order valence-electron chi connectivity index (χ4n) is 3.29. The van der Waals surface area contributed by atoms with Gasteiger partial charge in [0.05, 0.1) is 6.10 Å². The van der Waals surface area contributed by atoms with E-state index in [2.05, 4.69) is 35.9 Å². The maximum Gasteiger partial charge on any atom is 0.194 e. The summed E-state index contributed by atoms with van der Waals surface area (Å²) in [4.78, 5) is 9.60. The van der Waals surface area contributed by atoms with Gasteiger partial charge in [-0.05, 0) is 52.5 Å². The van der Waals surface area contributed by atoms with E-state index in [1.54, 1.807) is 0 Å². The Morgan fingerprint density at radius 2 is 2.05 bits per heavy atom. The van der Waals surface area contributed by atoms with Crippen LogP contribution in [0, 0.1) is 5.92 Å². The molecule has 0 bridgehead atoms. The van der Waals surface area contributed by atoms with Crippen LogP contribution in [-0.2, 0) is 0 Å². The average molecular weight is 424 g/mol. The molecule has 0 spiro atoms. The molecule has 22 heavy (non-hydrogen) atoms. The molecule has 130 valence electrons. The monoisotopic (exact) mass is 424 g/mol. The summed E-state index contributed by atoms with van der Waals surface area (Å²) in [6, 6.07) is 0.638. The normalized spacial score (nSPS) is 27.1. The fraction of sp³-hybridized carbons (Fsp3) is 0.938. The topological polar surface area (TPSA) is 51.1 Å². The first-order valence-electron chi connectivity index (χ1n) is 8.55. The molecule has 0 saturated carbocycles. The number of piperidine rings is 1. The Bertz CT molecular complexity index is 351. The van der Waals surface area contributed by atoms with Crippen LogP contribution >= 0.6 is 24.0 Å². The molecule has 5 nitrogen and oxygen atoms in total. The predicted octanol–water partition coefficient (Wildman–Crippen LogP) is 1.76. The predicted molar refractivity (Wildman–Crippen MR) is 103 cm³/mol. The van der Waals surface area contributed by atoms with Gasteiger partial charge in [0.15, 0.2) is 5.96 Å². The van der Waals surface area contributed by atoms with E-state index in [4.69, 9.17) is 4.99 Å². The summed E-state index contributed by atoms with van der Waals surface area (Å²) in [6.45, 7) is 12.5. The third kappa shape index (κ3) is 5.85. The Balaban J connectivity index is 0.00000242. The Hall–Kier alpha value is -0.0800. The first kappa shape index (κ1) is 20.0. The van der Waals surface area contributed by atoms with Gasteiger partial charge in [-0.1, -0.05) is 0 Å². The highest BCUT2D eigenvalue weighted by Gasteiger charge is 2.24. The Labute approximate surface area is 152 Å². The van der Waals surface area contributed by atoms with E-state index in [0.717, 1.165) is 32.0 Å². The van der Waals surface area contributed by atoms with E-state index in [1.165, 1.54) is 25.9 Å². The largest absolute Gasteiger partial charge is 0.391 e. The second-order valence-electron chi connectivity index (χ2n) is 6.68. The fourth-order valence-corrected chi connectivity index (χ4v) is 3.29. The van der Waals surface area contributed by atoms with Crippen molar-refractivity contribution >= 4 is 29.9 Å². The SMILES string of the molecule is CCNC(=NCC1CCCN(C(C)C)C1)N1CC[C@@H](O)C1.I. The minimum absolute atomic E-state index is 0. The van der Waals surface area contributed by atoms with Crippen LogP contribution in [0.4, 0.5) is 0 Å². The van der Waals surface area contributed by atoms with Gasteiger partial charge < -0.3 is 20.2 Å². The van der Waals surface area contributed by atoms with E-state index in [0.29, 0.717) is 18.5 Å². The van der Waals surface area contributed by atoms with Crippen molar-refractivity contribution in [1.82, 2.24) is 15.1 Å². The molecule has 0 radical (unpaired) electrons. The molecule has 6 heteroatoms. The Morgan fingerprint density at radius 1 is 1.27 bits per heavy atom. The molecule has 0 aromatic carbocycles. The number of aliphatic hydroxyl groups excluding tert-OH is 1. The standard InChI is InChI=1S/C16H32N4O.HI/c1-4-17-16(20-9-7-15(21)12-20)18-10-14-6-5-8-19(11-14)13(2)3;/h13-15,21H,4-12H2,1-3H3,(H,17,18);1H/t14?,15-;/m1./s1. The lowest BCUT2D eigenvalue weighted by atomic mass is 9.97. The first-order chi connectivity index (χ1) is 10.1. The molecule has 2 N–H and O–H groups in total. The highest BCUT2D eigenvalue weighted by Crippen LogP contribution is 2.19.